The van der Waals surface area contributed by atoms with Crippen LogP contribution in [0, 0.1) is 0 Å². The van der Waals surface area contributed by atoms with Gasteiger partial charge in [0.25, 0.3) is 0 Å². The van der Waals surface area contributed by atoms with Gasteiger partial charge in [0.1, 0.15) is 0 Å². The summed E-state index contributed by atoms with van der Waals surface area (Å²) in [6.07, 6.45) is 4.77. The van der Waals surface area contributed by atoms with Crippen LogP contribution in [-0.4, -0.2) is 28.1 Å². The van der Waals surface area contributed by atoms with Crippen molar-refractivity contribution in [2.24, 2.45) is 7.05 Å². The second kappa shape index (κ2) is 5.54. The Kier molecular flexibility index (Phi) is 3.27. The van der Waals surface area contributed by atoms with Crippen molar-refractivity contribution in [2.45, 2.75) is 19.4 Å². The summed E-state index contributed by atoms with van der Waals surface area (Å²) in [5.74, 6) is 0. The Morgan fingerprint density at radius 3 is 2.96 bits per heavy atom. The summed E-state index contributed by atoms with van der Waals surface area (Å²) in [5, 5.41) is 10.0. The minimum Gasteiger partial charge on any atom is -0.354 e. The zero-order chi connectivity index (χ0) is 17.8. The van der Waals surface area contributed by atoms with Crippen molar-refractivity contribution in [3.05, 3.63) is 52.8 Å². The van der Waals surface area contributed by atoms with Gasteiger partial charge in [-0.15, -0.1) is 0 Å². The first-order valence-electron chi connectivity index (χ1n) is 8.93. The second-order valence-electron chi connectivity index (χ2n) is 6.94. The number of hydrogen-bond acceptors (Lipinski definition) is 3. The zero-order valence-electron chi connectivity index (χ0n) is 14.9. The molecule has 0 unspecified atom stereocenters. The van der Waals surface area contributed by atoms with Crippen LogP contribution >= 0.6 is 0 Å². The predicted octanol–water partition coefficient (Wildman–Crippen LogP) is 3.35. The Labute approximate surface area is 151 Å². The molecule has 0 amide bonds. The number of aryl methyl sites for hydroxylation is 2. The number of para-hydroxylation sites is 1. The van der Waals surface area contributed by atoms with Gasteiger partial charge in [0.05, 0.1) is 11.7 Å². The normalized spacial score (nSPS) is 13.2. The van der Waals surface area contributed by atoms with Gasteiger partial charge in [-0.2, -0.15) is 5.10 Å². The van der Waals surface area contributed by atoms with Crippen LogP contribution in [0.4, 0.5) is 0 Å². The van der Waals surface area contributed by atoms with E-state index in [1.165, 1.54) is 22.0 Å². The van der Waals surface area contributed by atoms with E-state index >= 15 is 0 Å². The first-order valence-corrected chi connectivity index (χ1v) is 8.93. The molecule has 5 heteroatoms. The fourth-order valence-corrected chi connectivity index (χ4v) is 4.51. The third-order valence-corrected chi connectivity index (χ3v) is 5.62. The Morgan fingerprint density at radius 2 is 2.15 bits per heavy atom. The molecule has 0 saturated heterocycles. The quantitative estimate of drug-likeness (QED) is 0.560. The number of aldehydes is 1. The van der Waals surface area contributed by atoms with Gasteiger partial charge < -0.3 is 10.3 Å². The number of nitrogens with one attached hydrogen (secondary N) is 2. The molecule has 2 N–H and O–H groups in total. The maximum absolute atomic E-state index is 12.2. The number of hydrogen-bond donors (Lipinski definition) is 2. The smallest absolute Gasteiger partial charge is 0.151 e. The first kappa shape index (κ1) is 15.3. The van der Waals surface area contributed by atoms with Crippen LogP contribution in [0.15, 0.2) is 30.5 Å². The van der Waals surface area contributed by atoms with E-state index in [1.807, 2.05) is 31.0 Å². The predicted molar refractivity (Wildman–Crippen MR) is 104 cm³/mol. The number of carbonyl (C=O) groups is 1. The lowest BCUT2D eigenvalue weighted by atomic mass is 9.82. The summed E-state index contributed by atoms with van der Waals surface area (Å²) in [7, 11) is 3.89. The molecule has 5 rings (SSSR count). The Bertz CT molecular complexity index is 1180. The van der Waals surface area contributed by atoms with E-state index in [0.29, 0.717) is 6.54 Å². The lowest BCUT2D eigenvalue weighted by Gasteiger charge is -2.22. The van der Waals surface area contributed by atoms with E-state index in [2.05, 4.69) is 33.6 Å². The van der Waals surface area contributed by atoms with Gasteiger partial charge in [-0.05, 0) is 37.1 Å². The lowest BCUT2D eigenvalue weighted by Crippen LogP contribution is -2.14. The van der Waals surface area contributed by atoms with E-state index in [1.54, 1.807) is 0 Å². The summed E-state index contributed by atoms with van der Waals surface area (Å²) >= 11 is 0. The number of aromatic amines is 1. The van der Waals surface area contributed by atoms with Crippen LogP contribution in [0.25, 0.3) is 32.9 Å². The van der Waals surface area contributed by atoms with E-state index in [9.17, 15) is 4.79 Å². The van der Waals surface area contributed by atoms with Crippen LogP contribution in [0.1, 0.15) is 27.2 Å². The minimum absolute atomic E-state index is 0.648. The largest absolute Gasteiger partial charge is 0.354 e. The van der Waals surface area contributed by atoms with Gasteiger partial charge in [0.2, 0.25) is 0 Å². The van der Waals surface area contributed by atoms with Gasteiger partial charge in [-0.3, -0.25) is 9.48 Å². The summed E-state index contributed by atoms with van der Waals surface area (Å²) in [5.41, 5.74) is 8.71. The topological polar surface area (TPSA) is 62.7 Å². The number of fused-ring (bicyclic) bond motifs is 7. The molecule has 1 aliphatic carbocycles. The SMILES string of the molecule is CNCc1c(C=O)c2c(c3[nH]c4ccccc4c13)CCc1c-2cnn1C. The van der Waals surface area contributed by atoms with Crippen LogP contribution in [0.2, 0.25) is 0 Å². The Hall–Kier alpha value is -2.92. The average molecular weight is 344 g/mol. The van der Waals surface area contributed by atoms with Crippen molar-refractivity contribution >= 4 is 28.1 Å². The highest BCUT2D eigenvalue weighted by molar-refractivity contribution is 6.15. The molecule has 1 aliphatic rings. The molecule has 0 aliphatic heterocycles. The summed E-state index contributed by atoms with van der Waals surface area (Å²) in [6.45, 7) is 0.648. The molecular formula is C21H20N4O. The van der Waals surface area contributed by atoms with Crippen molar-refractivity contribution in [2.75, 3.05) is 7.05 Å². The number of aromatic nitrogens is 3. The van der Waals surface area contributed by atoms with Gasteiger partial charge >= 0.3 is 0 Å². The molecule has 5 nitrogen and oxygen atoms in total. The lowest BCUT2D eigenvalue weighted by molar-refractivity contribution is 0.112. The third kappa shape index (κ3) is 1.89. The standard InChI is InChI=1S/C21H20N4O/c1-22-9-14-16(11-26)19-13(7-8-18-15(19)10-23-25(18)2)21-20(14)12-5-3-4-6-17(12)24-21/h3-6,10-11,22,24H,7-9H2,1-2H3. The molecule has 0 saturated carbocycles. The molecule has 2 aromatic heterocycles. The van der Waals surface area contributed by atoms with Crippen molar-refractivity contribution < 1.29 is 4.79 Å². The van der Waals surface area contributed by atoms with Gasteiger partial charge in [-0.25, -0.2) is 0 Å². The number of benzene rings is 2. The number of carbonyl (C=O) groups excluding carboxylic acids is 1. The fraction of sp³-hybridized carbons (Fsp3) is 0.238. The zero-order valence-corrected chi connectivity index (χ0v) is 14.9. The highest BCUT2D eigenvalue weighted by atomic mass is 16.1. The van der Waals surface area contributed by atoms with Gasteiger partial charge in [0.15, 0.2) is 6.29 Å². The average Bonchev–Trinajstić information content (AvgIpc) is 3.23. The number of nitrogens with zero attached hydrogens (tertiary/aromatic N) is 2. The van der Waals surface area contributed by atoms with Crippen LogP contribution in [-0.2, 0) is 26.4 Å². The Morgan fingerprint density at radius 1 is 1.31 bits per heavy atom. The highest BCUT2D eigenvalue weighted by Gasteiger charge is 2.28. The van der Waals surface area contributed by atoms with E-state index < -0.39 is 0 Å². The van der Waals surface area contributed by atoms with Crippen LogP contribution in [0.3, 0.4) is 0 Å². The number of rotatable bonds is 3. The summed E-state index contributed by atoms with van der Waals surface area (Å²) in [4.78, 5) is 15.9. The molecule has 26 heavy (non-hydrogen) atoms. The third-order valence-electron chi connectivity index (χ3n) is 5.62. The monoisotopic (exact) mass is 344 g/mol. The molecule has 0 spiro atoms. The van der Waals surface area contributed by atoms with Crippen molar-refractivity contribution in [3.8, 4) is 11.1 Å². The Balaban J connectivity index is 2.01. The molecule has 4 aromatic rings. The van der Waals surface area contributed by atoms with E-state index in [0.717, 1.165) is 52.4 Å². The molecule has 0 atom stereocenters. The van der Waals surface area contributed by atoms with Crippen molar-refractivity contribution in [3.63, 3.8) is 0 Å². The minimum atomic E-state index is 0.648. The van der Waals surface area contributed by atoms with Crippen LogP contribution in [0.5, 0.6) is 0 Å². The molecule has 130 valence electrons. The summed E-state index contributed by atoms with van der Waals surface area (Å²) in [6, 6.07) is 8.33. The molecule has 0 fully saturated rings. The van der Waals surface area contributed by atoms with Gasteiger partial charge in [-0.1, -0.05) is 18.2 Å². The van der Waals surface area contributed by atoms with E-state index in [4.69, 9.17) is 0 Å². The molecule has 0 radical (unpaired) electrons. The molecular weight excluding hydrogens is 324 g/mol. The molecule has 0 bridgehead atoms. The van der Waals surface area contributed by atoms with Crippen molar-refractivity contribution in [1.82, 2.24) is 20.1 Å². The van der Waals surface area contributed by atoms with Gasteiger partial charge in [0, 0.05) is 52.3 Å². The maximum atomic E-state index is 12.2. The van der Waals surface area contributed by atoms with Crippen LogP contribution < -0.4 is 5.32 Å². The van der Waals surface area contributed by atoms with E-state index in [-0.39, 0.29) is 0 Å². The fourth-order valence-electron chi connectivity index (χ4n) is 4.51. The van der Waals surface area contributed by atoms with Crippen molar-refractivity contribution in [1.29, 1.82) is 0 Å². The number of H-pyrrole nitrogens is 1. The summed E-state index contributed by atoms with van der Waals surface area (Å²) < 4.78 is 1.93. The molecule has 2 heterocycles. The maximum Gasteiger partial charge on any atom is 0.151 e. The first-order chi connectivity index (χ1) is 12.7. The highest BCUT2D eigenvalue weighted by Crippen LogP contribution is 2.43. The second-order valence-corrected chi connectivity index (χ2v) is 6.94. The molecule has 2 aromatic carbocycles.